The van der Waals surface area contributed by atoms with Gasteiger partial charge in [0, 0.05) is 22.7 Å². The molecule has 0 aromatic carbocycles. The predicted octanol–water partition coefficient (Wildman–Crippen LogP) is 4.25. The van der Waals surface area contributed by atoms with Gasteiger partial charge in [0.05, 0.1) is 0 Å². The van der Waals surface area contributed by atoms with Crippen LogP contribution in [-0.4, -0.2) is 17.5 Å². The quantitative estimate of drug-likeness (QED) is 0.870. The summed E-state index contributed by atoms with van der Waals surface area (Å²) >= 11 is 4.07. The Morgan fingerprint density at radius 1 is 1.39 bits per heavy atom. The maximum Gasteiger partial charge on any atom is 0.0334 e. The monoisotopic (exact) mass is 281 g/mol. The lowest BCUT2D eigenvalue weighted by Gasteiger charge is -2.38. The standard InChI is InChI=1S/C15H23NS2/c1-15(2)8-11(9-17-10-15)16-13-4-3-5-14-12(13)6-7-18-14/h6-7,11,13,16H,3-5,8-10H2,1-2H3. The van der Waals surface area contributed by atoms with Gasteiger partial charge < -0.3 is 5.32 Å². The van der Waals surface area contributed by atoms with Crippen LogP contribution >= 0.6 is 23.1 Å². The van der Waals surface area contributed by atoms with Crippen LogP contribution in [0.15, 0.2) is 11.4 Å². The van der Waals surface area contributed by atoms with Gasteiger partial charge in [0.2, 0.25) is 0 Å². The van der Waals surface area contributed by atoms with Gasteiger partial charge in [0.25, 0.3) is 0 Å². The first kappa shape index (κ1) is 13.0. The van der Waals surface area contributed by atoms with Gasteiger partial charge in [-0.25, -0.2) is 0 Å². The summed E-state index contributed by atoms with van der Waals surface area (Å²) in [6, 6.07) is 3.67. The Labute approximate surface area is 119 Å². The van der Waals surface area contributed by atoms with E-state index in [1.165, 1.54) is 37.2 Å². The number of hydrogen-bond acceptors (Lipinski definition) is 3. The van der Waals surface area contributed by atoms with Crippen LogP contribution in [0, 0.1) is 5.41 Å². The lowest BCUT2D eigenvalue weighted by Crippen LogP contribution is -2.42. The minimum absolute atomic E-state index is 0.507. The summed E-state index contributed by atoms with van der Waals surface area (Å²) in [5, 5.41) is 6.21. The third-order valence-electron chi connectivity index (χ3n) is 4.10. The number of fused-ring (bicyclic) bond motifs is 1. The van der Waals surface area contributed by atoms with Crippen LogP contribution in [0.3, 0.4) is 0 Å². The molecule has 2 aliphatic rings. The average molecular weight is 281 g/mol. The van der Waals surface area contributed by atoms with Gasteiger partial charge in [-0.2, -0.15) is 11.8 Å². The number of hydrogen-bond donors (Lipinski definition) is 1. The summed E-state index contributed by atoms with van der Waals surface area (Å²) in [6.45, 7) is 4.81. The summed E-state index contributed by atoms with van der Waals surface area (Å²) in [5.74, 6) is 2.61. The van der Waals surface area contributed by atoms with E-state index in [2.05, 4.69) is 42.4 Å². The number of rotatable bonds is 2. The first-order valence-electron chi connectivity index (χ1n) is 7.04. The minimum atomic E-state index is 0.507. The largest absolute Gasteiger partial charge is 0.306 e. The second-order valence-electron chi connectivity index (χ2n) is 6.49. The highest BCUT2D eigenvalue weighted by Gasteiger charge is 2.31. The lowest BCUT2D eigenvalue weighted by molar-refractivity contribution is 0.292. The van der Waals surface area contributed by atoms with E-state index in [-0.39, 0.29) is 0 Å². The molecule has 1 fully saturated rings. The highest BCUT2D eigenvalue weighted by Crippen LogP contribution is 2.37. The van der Waals surface area contributed by atoms with E-state index < -0.39 is 0 Å². The van der Waals surface area contributed by atoms with Crippen molar-refractivity contribution in [3.05, 3.63) is 21.9 Å². The first-order chi connectivity index (χ1) is 8.64. The zero-order valence-electron chi connectivity index (χ0n) is 11.4. The smallest absolute Gasteiger partial charge is 0.0334 e. The van der Waals surface area contributed by atoms with E-state index in [0.29, 0.717) is 17.5 Å². The van der Waals surface area contributed by atoms with Crippen LogP contribution in [0.25, 0.3) is 0 Å². The molecule has 1 aromatic rings. The van der Waals surface area contributed by atoms with E-state index in [9.17, 15) is 0 Å². The van der Waals surface area contributed by atoms with Gasteiger partial charge in [-0.1, -0.05) is 13.8 Å². The molecule has 3 rings (SSSR count). The van der Waals surface area contributed by atoms with Gasteiger partial charge in [0.15, 0.2) is 0 Å². The van der Waals surface area contributed by atoms with Gasteiger partial charge in [-0.05, 0) is 53.9 Å². The van der Waals surface area contributed by atoms with Gasteiger partial charge in [-0.3, -0.25) is 0 Å². The fraction of sp³-hybridized carbons (Fsp3) is 0.733. The van der Waals surface area contributed by atoms with Crippen LogP contribution in [0.1, 0.15) is 49.6 Å². The Bertz CT molecular complexity index is 410. The Kier molecular flexibility index (Phi) is 3.75. The van der Waals surface area contributed by atoms with Crippen molar-refractivity contribution in [3.8, 4) is 0 Å². The topological polar surface area (TPSA) is 12.0 Å². The van der Waals surface area contributed by atoms with E-state index in [0.717, 1.165) is 0 Å². The number of thiophene rings is 1. The molecule has 0 radical (unpaired) electrons. The van der Waals surface area contributed by atoms with Gasteiger partial charge in [0.1, 0.15) is 0 Å². The zero-order valence-corrected chi connectivity index (χ0v) is 13.0. The molecule has 0 bridgehead atoms. The van der Waals surface area contributed by atoms with Gasteiger partial charge in [-0.15, -0.1) is 11.3 Å². The number of nitrogens with one attached hydrogen (secondary N) is 1. The van der Waals surface area contributed by atoms with E-state index in [1.54, 1.807) is 10.4 Å². The molecule has 1 N–H and O–H groups in total. The Balaban J connectivity index is 1.67. The number of aryl methyl sites for hydroxylation is 1. The second kappa shape index (κ2) is 5.18. The number of thioether (sulfide) groups is 1. The Morgan fingerprint density at radius 3 is 3.11 bits per heavy atom. The van der Waals surface area contributed by atoms with Gasteiger partial charge >= 0.3 is 0 Å². The summed E-state index contributed by atoms with van der Waals surface area (Å²) in [5.41, 5.74) is 2.10. The maximum atomic E-state index is 3.94. The Hall–Kier alpha value is 0.0100. The predicted molar refractivity (Wildman–Crippen MR) is 82.6 cm³/mol. The van der Waals surface area contributed by atoms with Crippen LogP contribution in [0.5, 0.6) is 0 Å². The molecular formula is C15H23NS2. The van der Waals surface area contributed by atoms with Crippen LogP contribution < -0.4 is 5.32 Å². The van der Waals surface area contributed by atoms with Crippen molar-refractivity contribution in [1.29, 1.82) is 0 Å². The lowest BCUT2D eigenvalue weighted by atomic mass is 9.86. The molecule has 2 heterocycles. The van der Waals surface area contributed by atoms with E-state index in [4.69, 9.17) is 0 Å². The molecule has 1 nitrogen and oxygen atoms in total. The fourth-order valence-electron chi connectivity index (χ4n) is 3.31. The molecule has 1 aromatic heterocycles. The van der Waals surface area contributed by atoms with Crippen LogP contribution in [0.2, 0.25) is 0 Å². The van der Waals surface area contributed by atoms with Crippen molar-refractivity contribution in [2.45, 2.75) is 51.6 Å². The third-order valence-corrected chi connectivity index (χ3v) is 6.72. The highest BCUT2D eigenvalue weighted by molar-refractivity contribution is 7.99. The summed E-state index contributed by atoms with van der Waals surface area (Å²) in [4.78, 5) is 1.63. The minimum Gasteiger partial charge on any atom is -0.306 e. The normalized spacial score (nSPS) is 31.0. The molecule has 18 heavy (non-hydrogen) atoms. The molecule has 0 amide bonds. The van der Waals surface area contributed by atoms with Crippen molar-refractivity contribution in [2.24, 2.45) is 5.41 Å². The SMILES string of the molecule is CC1(C)CSCC(NC2CCCc3sccc32)C1. The molecule has 1 aliphatic carbocycles. The summed E-state index contributed by atoms with van der Waals surface area (Å²) < 4.78 is 0. The van der Waals surface area contributed by atoms with Crippen molar-refractivity contribution in [3.63, 3.8) is 0 Å². The van der Waals surface area contributed by atoms with Crippen molar-refractivity contribution in [2.75, 3.05) is 11.5 Å². The third kappa shape index (κ3) is 2.78. The average Bonchev–Trinajstić information content (AvgIpc) is 2.77. The highest BCUT2D eigenvalue weighted by atomic mass is 32.2. The van der Waals surface area contributed by atoms with Crippen LogP contribution in [-0.2, 0) is 6.42 Å². The zero-order chi connectivity index (χ0) is 12.6. The van der Waals surface area contributed by atoms with Crippen molar-refractivity contribution < 1.29 is 0 Å². The molecule has 0 saturated carbocycles. The van der Waals surface area contributed by atoms with E-state index >= 15 is 0 Å². The molecule has 2 unspecified atom stereocenters. The Morgan fingerprint density at radius 2 is 2.28 bits per heavy atom. The second-order valence-corrected chi connectivity index (χ2v) is 8.52. The summed E-state index contributed by atoms with van der Waals surface area (Å²) in [6.07, 6.45) is 5.31. The maximum absolute atomic E-state index is 3.94. The van der Waals surface area contributed by atoms with Crippen molar-refractivity contribution in [1.82, 2.24) is 5.32 Å². The first-order valence-corrected chi connectivity index (χ1v) is 9.07. The molecule has 100 valence electrons. The molecule has 3 heteroatoms. The molecule has 1 aliphatic heterocycles. The fourth-order valence-corrected chi connectivity index (χ4v) is 5.59. The summed E-state index contributed by atoms with van der Waals surface area (Å²) in [7, 11) is 0. The van der Waals surface area contributed by atoms with Crippen LogP contribution in [0.4, 0.5) is 0 Å². The molecule has 1 saturated heterocycles. The molecule has 2 atom stereocenters. The van der Waals surface area contributed by atoms with E-state index in [1.807, 2.05) is 11.3 Å². The molecular weight excluding hydrogens is 258 g/mol. The van der Waals surface area contributed by atoms with Crippen molar-refractivity contribution >= 4 is 23.1 Å². The molecule has 0 spiro atoms.